The molecule has 3 rings (SSSR count). The molecule has 0 aliphatic carbocycles. The van der Waals surface area contributed by atoms with E-state index in [0.29, 0.717) is 6.17 Å². The van der Waals surface area contributed by atoms with Gasteiger partial charge in [-0.05, 0) is 43.9 Å². The molecule has 0 saturated carbocycles. The summed E-state index contributed by atoms with van der Waals surface area (Å²) in [5.41, 5.74) is 2.70. The van der Waals surface area contributed by atoms with Crippen LogP contribution in [-0.2, 0) is 17.9 Å². The Hall–Kier alpha value is -0.900. The molecule has 1 atom stereocenters. The van der Waals surface area contributed by atoms with Crippen LogP contribution in [0.3, 0.4) is 0 Å². The normalized spacial score (nSPS) is 23.9. The zero-order chi connectivity index (χ0) is 13.8. The lowest BCUT2D eigenvalue weighted by Crippen LogP contribution is -2.49. The van der Waals surface area contributed by atoms with E-state index in [4.69, 9.17) is 4.74 Å². The fourth-order valence-electron chi connectivity index (χ4n) is 3.49. The molecule has 2 saturated heterocycles. The van der Waals surface area contributed by atoms with Crippen LogP contribution >= 0.6 is 0 Å². The standard InChI is InChI=1S/C17H26N2O/c1-2-20-14-16-8-6-15(7-9-16)13-19-12-4-11-18-10-3-5-17(18)19/h6-9,17H,2-5,10-14H2,1H3. The quantitative estimate of drug-likeness (QED) is 0.821. The SMILES string of the molecule is CCOCc1ccc(CN2CCCN3CCCC32)cc1. The molecule has 2 aliphatic rings. The smallest absolute Gasteiger partial charge is 0.0716 e. The average Bonchev–Trinajstić information content (AvgIpc) is 2.96. The second kappa shape index (κ2) is 6.70. The van der Waals surface area contributed by atoms with E-state index in [1.807, 2.05) is 6.92 Å². The molecule has 0 aromatic heterocycles. The van der Waals surface area contributed by atoms with Gasteiger partial charge in [-0.1, -0.05) is 24.3 Å². The maximum Gasteiger partial charge on any atom is 0.0716 e. The minimum Gasteiger partial charge on any atom is -0.377 e. The second-order valence-electron chi connectivity index (χ2n) is 5.94. The Morgan fingerprint density at radius 1 is 1.05 bits per heavy atom. The van der Waals surface area contributed by atoms with Crippen molar-refractivity contribution in [1.29, 1.82) is 0 Å². The lowest BCUT2D eigenvalue weighted by atomic mass is 10.1. The van der Waals surface area contributed by atoms with Crippen molar-refractivity contribution in [3.05, 3.63) is 35.4 Å². The van der Waals surface area contributed by atoms with Crippen LogP contribution in [0.2, 0.25) is 0 Å². The van der Waals surface area contributed by atoms with Crippen molar-refractivity contribution in [3.63, 3.8) is 0 Å². The minimum atomic E-state index is 0.701. The van der Waals surface area contributed by atoms with Gasteiger partial charge in [-0.25, -0.2) is 0 Å². The summed E-state index contributed by atoms with van der Waals surface area (Å²) in [6.07, 6.45) is 4.74. The van der Waals surface area contributed by atoms with Gasteiger partial charge in [0, 0.05) is 26.2 Å². The van der Waals surface area contributed by atoms with Crippen molar-refractivity contribution < 1.29 is 4.74 Å². The van der Waals surface area contributed by atoms with Gasteiger partial charge in [-0.15, -0.1) is 0 Å². The summed E-state index contributed by atoms with van der Waals surface area (Å²) >= 11 is 0. The van der Waals surface area contributed by atoms with Crippen LogP contribution in [0.1, 0.15) is 37.3 Å². The van der Waals surface area contributed by atoms with Gasteiger partial charge in [0.25, 0.3) is 0 Å². The zero-order valence-corrected chi connectivity index (χ0v) is 12.6. The molecular formula is C17H26N2O. The summed E-state index contributed by atoms with van der Waals surface area (Å²) in [6.45, 7) is 8.50. The first-order valence-corrected chi connectivity index (χ1v) is 8.00. The summed E-state index contributed by atoms with van der Waals surface area (Å²) in [6, 6.07) is 8.95. The third kappa shape index (κ3) is 3.22. The van der Waals surface area contributed by atoms with Gasteiger partial charge in [0.1, 0.15) is 0 Å². The summed E-state index contributed by atoms with van der Waals surface area (Å²) in [4.78, 5) is 5.32. The third-order valence-corrected chi connectivity index (χ3v) is 4.52. The van der Waals surface area contributed by atoms with Gasteiger partial charge >= 0.3 is 0 Å². The van der Waals surface area contributed by atoms with Crippen molar-refractivity contribution in [2.24, 2.45) is 0 Å². The highest BCUT2D eigenvalue weighted by Gasteiger charge is 2.32. The summed E-state index contributed by atoms with van der Waals surface area (Å²) in [7, 11) is 0. The van der Waals surface area contributed by atoms with Crippen LogP contribution in [0.5, 0.6) is 0 Å². The predicted octanol–water partition coefficient (Wildman–Crippen LogP) is 2.85. The first-order valence-electron chi connectivity index (χ1n) is 8.00. The zero-order valence-electron chi connectivity index (χ0n) is 12.6. The number of hydrogen-bond acceptors (Lipinski definition) is 3. The van der Waals surface area contributed by atoms with E-state index in [1.54, 1.807) is 0 Å². The Morgan fingerprint density at radius 2 is 1.80 bits per heavy atom. The Labute approximate surface area is 122 Å². The van der Waals surface area contributed by atoms with Gasteiger partial charge in [0.05, 0.1) is 12.8 Å². The summed E-state index contributed by atoms with van der Waals surface area (Å²) in [5.74, 6) is 0. The van der Waals surface area contributed by atoms with E-state index >= 15 is 0 Å². The molecule has 2 heterocycles. The second-order valence-corrected chi connectivity index (χ2v) is 5.94. The van der Waals surface area contributed by atoms with Crippen LogP contribution in [0.25, 0.3) is 0 Å². The number of rotatable bonds is 5. The molecule has 3 heteroatoms. The molecule has 1 aromatic rings. The molecule has 3 nitrogen and oxygen atoms in total. The van der Waals surface area contributed by atoms with Gasteiger partial charge in [-0.2, -0.15) is 0 Å². The van der Waals surface area contributed by atoms with Gasteiger partial charge < -0.3 is 4.74 Å². The molecule has 20 heavy (non-hydrogen) atoms. The predicted molar refractivity (Wildman–Crippen MR) is 81.4 cm³/mol. The minimum absolute atomic E-state index is 0.701. The lowest BCUT2D eigenvalue weighted by molar-refractivity contribution is 0.0286. The topological polar surface area (TPSA) is 15.7 Å². The summed E-state index contributed by atoms with van der Waals surface area (Å²) < 4.78 is 5.45. The maximum absolute atomic E-state index is 5.45. The number of benzene rings is 1. The number of ether oxygens (including phenoxy) is 1. The van der Waals surface area contributed by atoms with E-state index in [2.05, 4.69) is 34.1 Å². The van der Waals surface area contributed by atoms with Gasteiger partial charge in [-0.3, -0.25) is 9.80 Å². The molecule has 110 valence electrons. The van der Waals surface area contributed by atoms with E-state index in [1.165, 1.54) is 50.0 Å². The Bertz CT molecular complexity index is 418. The van der Waals surface area contributed by atoms with Crippen molar-refractivity contribution in [2.75, 3.05) is 26.2 Å². The molecule has 2 fully saturated rings. The molecule has 0 spiro atoms. The van der Waals surface area contributed by atoms with Crippen molar-refractivity contribution in [2.45, 2.75) is 45.5 Å². The highest BCUT2D eigenvalue weighted by atomic mass is 16.5. The molecule has 0 radical (unpaired) electrons. The Morgan fingerprint density at radius 3 is 2.60 bits per heavy atom. The fourth-order valence-corrected chi connectivity index (χ4v) is 3.49. The first kappa shape index (κ1) is 14.1. The highest BCUT2D eigenvalue weighted by Crippen LogP contribution is 2.26. The van der Waals surface area contributed by atoms with Crippen LogP contribution in [0.15, 0.2) is 24.3 Å². The number of fused-ring (bicyclic) bond motifs is 1. The molecule has 0 N–H and O–H groups in total. The van der Waals surface area contributed by atoms with Crippen molar-refractivity contribution in [3.8, 4) is 0 Å². The molecule has 0 amide bonds. The van der Waals surface area contributed by atoms with E-state index in [-0.39, 0.29) is 0 Å². The Kier molecular flexibility index (Phi) is 4.71. The highest BCUT2D eigenvalue weighted by molar-refractivity contribution is 5.22. The molecule has 1 unspecified atom stereocenters. The van der Waals surface area contributed by atoms with E-state index in [9.17, 15) is 0 Å². The van der Waals surface area contributed by atoms with E-state index in [0.717, 1.165) is 19.8 Å². The van der Waals surface area contributed by atoms with Gasteiger partial charge in [0.15, 0.2) is 0 Å². The van der Waals surface area contributed by atoms with Crippen LogP contribution in [0.4, 0.5) is 0 Å². The molecule has 0 bridgehead atoms. The Balaban J connectivity index is 1.59. The maximum atomic E-state index is 5.45. The monoisotopic (exact) mass is 274 g/mol. The molecular weight excluding hydrogens is 248 g/mol. The molecule has 2 aliphatic heterocycles. The molecule has 1 aromatic carbocycles. The number of hydrogen-bond donors (Lipinski definition) is 0. The number of nitrogens with zero attached hydrogens (tertiary/aromatic N) is 2. The third-order valence-electron chi connectivity index (χ3n) is 4.52. The van der Waals surface area contributed by atoms with Crippen LogP contribution < -0.4 is 0 Å². The lowest BCUT2D eigenvalue weighted by Gasteiger charge is -2.40. The van der Waals surface area contributed by atoms with E-state index < -0.39 is 0 Å². The van der Waals surface area contributed by atoms with Crippen molar-refractivity contribution in [1.82, 2.24) is 9.80 Å². The summed E-state index contributed by atoms with van der Waals surface area (Å²) in [5, 5.41) is 0. The van der Waals surface area contributed by atoms with Gasteiger partial charge in [0.2, 0.25) is 0 Å². The van der Waals surface area contributed by atoms with Crippen LogP contribution in [0, 0.1) is 0 Å². The first-order chi connectivity index (χ1) is 9.86. The largest absolute Gasteiger partial charge is 0.377 e. The fraction of sp³-hybridized carbons (Fsp3) is 0.647. The van der Waals surface area contributed by atoms with Crippen LogP contribution in [-0.4, -0.2) is 42.2 Å². The van der Waals surface area contributed by atoms with Crippen molar-refractivity contribution >= 4 is 0 Å². The average molecular weight is 274 g/mol.